The number of likely N-dealkylation sites (N-methyl/N-ethyl adjacent to an activating group) is 1. The summed E-state index contributed by atoms with van der Waals surface area (Å²) >= 11 is 0. The van der Waals surface area contributed by atoms with E-state index in [0.29, 0.717) is 22.5 Å². The highest BCUT2D eigenvalue weighted by Crippen LogP contribution is 2.53. The Labute approximate surface area is 211 Å². The first kappa shape index (κ1) is 24.5. The fraction of sp³-hybridized carbons (Fsp3) is 0.308. The summed E-state index contributed by atoms with van der Waals surface area (Å²) in [5.41, 5.74) is 9.23. The molecule has 192 valence electrons. The Balaban J connectivity index is 1.74. The minimum atomic E-state index is -2.67. The first-order chi connectivity index (χ1) is 17.4. The number of aliphatic hydroxyl groups is 3. The van der Waals surface area contributed by atoms with Crippen LogP contribution in [-0.4, -0.2) is 73.5 Å². The molecule has 1 amide bonds. The van der Waals surface area contributed by atoms with Crippen LogP contribution in [0.4, 0.5) is 5.82 Å². The minimum Gasteiger partial charge on any atom is -0.508 e. The van der Waals surface area contributed by atoms with Gasteiger partial charge >= 0.3 is 0 Å². The average molecular weight is 507 g/mol. The highest BCUT2D eigenvalue weighted by atomic mass is 16.3. The lowest BCUT2D eigenvalue weighted by molar-refractivity contribution is -0.153. The molecule has 2 aromatic rings. The van der Waals surface area contributed by atoms with Gasteiger partial charge in [-0.1, -0.05) is 6.07 Å². The summed E-state index contributed by atoms with van der Waals surface area (Å²) in [6.07, 6.45) is 1.75. The third-order valence-corrected chi connectivity index (χ3v) is 7.70. The number of aromatic hydroxyl groups is 1. The second kappa shape index (κ2) is 8.15. The van der Waals surface area contributed by atoms with Crippen LogP contribution in [0.2, 0.25) is 0 Å². The van der Waals surface area contributed by atoms with Gasteiger partial charge in [0.05, 0.1) is 11.6 Å². The topological polar surface area (TPSA) is 200 Å². The molecule has 1 fully saturated rings. The Bertz CT molecular complexity index is 1440. The Morgan fingerprint density at radius 2 is 1.84 bits per heavy atom. The van der Waals surface area contributed by atoms with Crippen molar-refractivity contribution in [3.8, 4) is 16.9 Å². The molecule has 1 aromatic carbocycles. The van der Waals surface area contributed by atoms with Gasteiger partial charge in [-0.25, -0.2) is 4.98 Å². The molecule has 0 bridgehead atoms. The number of rotatable bonds is 3. The number of hydrogen-bond donors (Lipinski definition) is 6. The number of fused-ring (bicyclic) bond motifs is 3. The molecule has 11 nitrogen and oxygen atoms in total. The Morgan fingerprint density at radius 1 is 1.14 bits per heavy atom. The Morgan fingerprint density at radius 3 is 2.43 bits per heavy atom. The maximum Gasteiger partial charge on any atom is 0.255 e. The van der Waals surface area contributed by atoms with Gasteiger partial charge in [-0.05, 0) is 62.2 Å². The number of ketones is 2. The summed E-state index contributed by atoms with van der Waals surface area (Å²) in [4.78, 5) is 44.6. The molecular formula is C26H26N4O7. The van der Waals surface area contributed by atoms with Gasteiger partial charge in [0.25, 0.3) is 5.91 Å². The molecular weight excluding hydrogens is 480 g/mol. The van der Waals surface area contributed by atoms with Crippen LogP contribution in [0.3, 0.4) is 0 Å². The molecule has 0 radical (unpaired) electrons. The van der Waals surface area contributed by atoms with Crippen molar-refractivity contribution in [2.45, 2.75) is 24.5 Å². The van der Waals surface area contributed by atoms with Crippen molar-refractivity contribution in [1.82, 2.24) is 9.88 Å². The van der Waals surface area contributed by atoms with Crippen LogP contribution in [0, 0.1) is 11.8 Å². The van der Waals surface area contributed by atoms with Gasteiger partial charge in [0, 0.05) is 23.3 Å². The standard InChI is InChI=1S/C26H26N4O7/c1-30(2)20-14-8-11-7-13-12(10-3-6-16(27)29-9-10)4-5-15(31)18(13)21(32)17(11)23(34)26(14,37)24(35)19(22(20)33)25(28)36/h3-6,9,11,14,20,31-32,35,37H,7-8H2,1-2H3,(H2,27,29)(H2,28,36). The lowest BCUT2D eigenvalue weighted by atomic mass is 9.57. The zero-order valence-corrected chi connectivity index (χ0v) is 20.1. The number of hydrogen-bond acceptors (Lipinski definition) is 10. The van der Waals surface area contributed by atoms with Crippen molar-refractivity contribution in [2.24, 2.45) is 17.6 Å². The summed E-state index contributed by atoms with van der Waals surface area (Å²) in [6.45, 7) is 0. The second-order valence-corrected chi connectivity index (χ2v) is 9.92. The predicted octanol–water partition coefficient (Wildman–Crippen LogP) is 0.608. The SMILES string of the molecule is CN(C)C1C(=O)C(C(N)=O)=C(O)C2(O)C(=O)C3=C(O)c4c(O)ccc(-c5ccc(N)nc5)c4CC3CC12. The largest absolute Gasteiger partial charge is 0.508 e. The Hall–Kier alpha value is -4.22. The van der Waals surface area contributed by atoms with Crippen molar-refractivity contribution in [2.75, 3.05) is 19.8 Å². The number of carbonyl (C=O) groups is 3. The first-order valence-electron chi connectivity index (χ1n) is 11.6. The van der Waals surface area contributed by atoms with E-state index in [4.69, 9.17) is 11.5 Å². The van der Waals surface area contributed by atoms with Gasteiger partial charge in [0.1, 0.15) is 28.7 Å². The van der Waals surface area contributed by atoms with Gasteiger partial charge in [-0.3, -0.25) is 19.3 Å². The summed E-state index contributed by atoms with van der Waals surface area (Å²) < 4.78 is 0. The van der Waals surface area contributed by atoms with E-state index in [0.717, 1.165) is 0 Å². The number of nitrogens with two attached hydrogens (primary N) is 2. The number of primary amides is 1. The number of aromatic nitrogens is 1. The highest BCUT2D eigenvalue weighted by molar-refractivity contribution is 6.24. The number of aliphatic hydroxyl groups excluding tert-OH is 2. The highest BCUT2D eigenvalue weighted by Gasteiger charge is 2.64. The van der Waals surface area contributed by atoms with Crippen molar-refractivity contribution >= 4 is 29.1 Å². The summed E-state index contributed by atoms with van der Waals surface area (Å²) in [5.74, 6) is -6.54. The Kier molecular flexibility index (Phi) is 5.39. The lowest BCUT2D eigenvalue weighted by Crippen LogP contribution is -2.65. The number of benzene rings is 1. The van der Waals surface area contributed by atoms with Crippen molar-refractivity contribution in [1.29, 1.82) is 0 Å². The third-order valence-electron chi connectivity index (χ3n) is 7.70. The van der Waals surface area contributed by atoms with Crippen LogP contribution >= 0.6 is 0 Å². The average Bonchev–Trinajstić information content (AvgIpc) is 2.82. The zero-order chi connectivity index (χ0) is 27.0. The third kappa shape index (κ3) is 3.27. The van der Waals surface area contributed by atoms with Crippen molar-refractivity contribution < 1.29 is 34.8 Å². The van der Waals surface area contributed by atoms with E-state index in [1.54, 1.807) is 38.5 Å². The van der Waals surface area contributed by atoms with Gasteiger partial charge in [0.2, 0.25) is 5.78 Å². The second-order valence-electron chi connectivity index (χ2n) is 9.92. The quantitative estimate of drug-likeness (QED) is 0.320. The number of amides is 1. The smallest absolute Gasteiger partial charge is 0.255 e. The molecule has 0 aliphatic heterocycles. The predicted molar refractivity (Wildman–Crippen MR) is 132 cm³/mol. The van der Waals surface area contributed by atoms with E-state index >= 15 is 0 Å². The van der Waals surface area contributed by atoms with Crippen LogP contribution in [0.1, 0.15) is 17.5 Å². The molecule has 0 spiro atoms. The van der Waals surface area contributed by atoms with Crippen LogP contribution < -0.4 is 11.5 Å². The van der Waals surface area contributed by atoms with E-state index in [1.807, 2.05) is 0 Å². The van der Waals surface area contributed by atoms with E-state index < -0.39 is 58.0 Å². The molecule has 3 aliphatic carbocycles. The normalized spacial score (nSPS) is 27.2. The van der Waals surface area contributed by atoms with Crippen LogP contribution in [0.25, 0.3) is 16.9 Å². The fourth-order valence-corrected chi connectivity index (χ4v) is 6.08. The van der Waals surface area contributed by atoms with E-state index in [1.165, 1.54) is 11.0 Å². The zero-order valence-electron chi connectivity index (χ0n) is 20.1. The maximum absolute atomic E-state index is 13.8. The first-order valence-corrected chi connectivity index (χ1v) is 11.6. The number of phenolic OH excluding ortho intramolecular Hbond substituents is 1. The molecule has 1 saturated carbocycles. The van der Waals surface area contributed by atoms with E-state index in [2.05, 4.69) is 4.98 Å². The van der Waals surface area contributed by atoms with Crippen LogP contribution in [0.5, 0.6) is 5.75 Å². The monoisotopic (exact) mass is 506 g/mol. The molecule has 0 saturated heterocycles. The minimum absolute atomic E-state index is 0.0147. The molecule has 8 N–H and O–H groups in total. The maximum atomic E-state index is 13.8. The molecule has 4 unspecified atom stereocenters. The number of carbonyl (C=O) groups excluding carboxylic acids is 3. The van der Waals surface area contributed by atoms with E-state index in [9.17, 15) is 34.8 Å². The van der Waals surface area contributed by atoms with Crippen LogP contribution in [-0.2, 0) is 20.8 Å². The number of phenols is 1. The fourth-order valence-electron chi connectivity index (χ4n) is 6.08. The molecule has 4 atom stereocenters. The number of nitrogen functional groups attached to an aromatic ring is 1. The molecule has 11 heteroatoms. The molecule has 37 heavy (non-hydrogen) atoms. The van der Waals surface area contributed by atoms with Crippen LogP contribution in [0.15, 0.2) is 47.4 Å². The van der Waals surface area contributed by atoms with Crippen molar-refractivity contribution in [3.05, 3.63) is 58.5 Å². The number of pyridine rings is 1. The summed E-state index contributed by atoms with van der Waals surface area (Å²) in [5, 5.41) is 44.5. The van der Waals surface area contributed by atoms with Crippen molar-refractivity contribution in [3.63, 3.8) is 0 Å². The van der Waals surface area contributed by atoms with Gasteiger partial charge < -0.3 is 31.9 Å². The van der Waals surface area contributed by atoms with Gasteiger partial charge in [-0.2, -0.15) is 0 Å². The lowest BCUT2D eigenvalue weighted by Gasteiger charge is -2.50. The number of nitrogens with zero attached hydrogens (tertiary/aromatic N) is 2. The van der Waals surface area contributed by atoms with Gasteiger partial charge in [0.15, 0.2) is 11.4 Å². The summed E-state index contributed by atoms with van der Waals surface area (Å²) in [7, 11) is 3.11. The number of anilines is 1. The van der Waals surface area contributed by atoms with E-state index in [-0.39, 0.29) is 29.7 Å². The molecule has 3 aliphatic rings. The molecule has 1 heterocycles. The van der Waals surface area contributed by atoms with Gasteiger partial charge in [-0.15, -0.1) is 0 Å². The number of Topliss-reactive ketones (excluding diaryl/α,β-unsaturated/α-hetero) is 2. The summed E-state index contributed by atoms with van der Waals surface area (Å²) in [6, 6.07) is 5.26. The molecule has 5 rings (SSSR count). The molecule has 1 aromatic heterocycles.